The number of aliphatic hydroxyl groups excluding tert-OH is 1. The summed E-state index contributed by atoms with van der Waals surface area (Å²) >= 11 is 0. The molecule has 0 aromatic heterocycles. The second-order valence-corrected chi connectivity index (χ2v) is 7.61. The first kappa shape index (κ1) is 20.2. The molecule has 0 bridgehead atoms. The topological polar surface area (TPSA) is 59.0 Å². The van der Waals surface area contributed by atoms with Gasteiger partial charge in [-0.2, -0.15) is 0 Å². The standard InChI is InChI=1S/C25H27NO4/c1-5-15(3)30-23-19-13-8-7-12-18(19)22(29-4)20-21(23)25(28)26(24(20)27)17-11-9-10-16(6-2)14-17/h7-15,24,27H,5-6H2,1-4H3. The van der Waals surface area contributed by atoms with Crippen LogP contribution in [0.1, 0.15) is 54.9 Å². The zero-order valence-corrected chi connectivity index (χ0v) is 17.8. The molecule has 0 spiro atoms. The van der Waals surface area contributed by atoms with E-state index in [1.165, 1.54) is 4.90 Å². The lowest BCUT2D eigenvalue weighted by atomic mass is 9.98. The lowest BCUT2D eigenvalue weighted by molar-refractivity contribution is 0.0931. The molecule has 3 aromatic carbocycles. The zero-order valence-electron chi connectivity index (χ0n) is 17.8. The number of aliphatic hydroxyl groups is 1. The number of methoxy groups -OCH3 is 1. The van der Waals surface area contributed by atoms with E-state index in [1.807, 2.05) is 62.4 Å². The molecule has 1 amide bonds. The fourth-order valence-corrected chi connectivity index (χ4v) is 4.03. The van der Waals surface area contributed by atoms with Crippen molar-refractivity contribution in [2.45, 2.75) is 45.9 Å². The Kier molecular flexibility index (Phi) is 5.39. The summed E-state index contributed by atoms with van der Waals surface area (Å²) in [6, 6.07) is 15.4. The Labute approximate surface area is 176 Å². The predicted molar refractivity (Wildman–Crippen MR) is 118 cm³/mol. The lowest BCUT2D eigenvalue weighted by Crippen LogP contribution is -2.27. The van der Waals surface area contributed by atoms with E-state index in [0.29, 0.717) is 28.3 Å². The number of amides is 1. The molecular weight excluding hydrogens is 378 g/mol. The van der Waals surface area contributed by atoms with E-state index in [4.69, 9.17) is 9.47 Å². The van der Waals surface area contributed by atoms with Crippen molar-refractivity contribution in [3.8, 4) is 11.5 Å². The van der Waals surface area contributed by atoms with Gasteiger partial charge in [-0.25, -0.2) is 0 Å². The van der Waals surface area contributed by atoms with Crippen molar-refractivity contribution >= 4 is 22.4 Å². The molecular formula is C25H27NO4. The lowest BCUT2D eigenvalue weighted by Gasteiger charge is -2.22. The number of aryl methyl sites for hydroxylation is 1. The summed E-state index contributed by atoms with van der Waals surface area (Å²) < 4.78 is 12.0. The van der Waals surface area contributed by atoms with Crippen LogP contribution in [0.4, 0.5) is 5.69 Å². The van der Waals surface area contributed by atoms with Gasteiger partial charge in [-0.05, 0) is 37.5 Å². The van der Waals surface area contributed by atoms with Gasteiger partial charge in [0.2, 0.25) is 0 Å². The van der Waals surface area contributed by atoms with Crippen LogP contribution in [0.2, 0.25) is 0 Å². The molecule has 0 saturated heterocycles. The first-order valence-electron chi connectivity index (χ1n) is 10.4. The fraction of sp³-hybridized carbons (Fsp3) is 0.320. The first-order valence-corrected chi connectivity index (χ1v) is 10.4. The van der Waals surface area contributed by atoms with Crippen LogP contribution in [0.5, 0.6) is 11.5 Å². The van der Waals surface area contributed by atoms with Gasteiger partial charge in [-0.1, -0.05) is 50.2 Å². The van der Waals surface area contributed by atoms with Crippen LogP contribution >= 0.6 is 0 Å². The van der Waals surface area contributed by atoms with Gasteiger partial charge in [0.05, 0.1) is 24.3 Å². The van der Waals surface area contributed by atoms with Crippen LogP contribution in [0, 0.1) is 0 Å². The van der Waals surface area contributed by atoms with Crippen molar-refractivity contribution in [3.05, 3.63) is 65.2 Å². The van der Waals surface area contributed by atoms with Crippen molar-refractivity contribution in [2.24, 2.45) is 0 Å². The molecule has 30 heavy (non-hydrogen) atoms. The first-order chi connectivity index (χ1) is 14.5. The molecule has 5 heteroatoms. The summed E-state index contributed by atoms with van der Waals surface area (Å²) in [7, 11) is 1.56. The number of hydrogen-bond donors (Lipinski definition) is 1. The van der Waals surface area contributed by atoms with Crippen LogP contribution in [0.15, 0.2) is 48.5 Å². The number of carbonyl (C=O) groups excluding carboxylic acids is 1. The molecule has 0 aliphatic carbocycles. The third-order valence-electron chi connectivity index (χ3n) is 5.79. The van der Waals surface area contributed by atoms with Gasteiger partial charge in [0.25, 0.3) is 5.91 Å². The third-order valence-corrected chi connectivity index (χ3v) is 5.79. The van der Waals surface area contributed by atoms with Crippen LogP contribution in [0.25, 0.3) is 10.8 Å². The van der Waals surface area contributed by atoms with Gasteiger partial charge in [0, 0.05) is 16.5 Å². The fourth-order valence-electron chi connectivity index (χ4n) is 4.03. The van der Waals surface area contributed by atoms with Gasteiger partial charge in [-0.15, -0.1) is 0 Å². The maximum Gasteiger partial charge on any atom is 0.265 e. The molecule has 3 aromatic rings. The highest BCUT2D eigenvalue weighted by Crippen LogP contribution is 2.50. The number of carbonyl (C=O) groups is 1. The third kappa shape index (κ3) is 3.10. The van der Waals surface area contributed by atoms with E-state index < -0.39 is 6.23 Å². The van der Waals surface area contributed by atoms with Crippen molar-refractivity contribution < 1.29 is 19.4 Å². The maximum atomic E-state index is 13.6. The molecule has 0 saturated carbocycles. The van der Waals surface area contributed by atoms with Gasteiger partial charge in [0.1, 0.15) is 11.5 Å². The van der Waals surface area contributed by atoms with E-state index in [9.17, 15) is 9.90 Å². The number of benzene rings is 3. The minimum atomic E-state index is -1.15. The van der Waals surface area contributed by atoms with Crippen LogP contribution in [-0.2, 0) is 6.42 Å². The Bertz CT molecular complexity index is 1110. The largest absolute Gasteiger partial charge is 0.496 e. The van der Waals surface area contributed by atoms with Crippen molar-refractivity contribution in [3.63, 3.8) is 0 Å². The Morgan fingerprint density at radius 2 is 1.77 bits per heavy atom. The van der Waals surface area contributed by atoms with E-state index in [0.717, 1.165) is 29.2 Å². The highest BCUT2D eigenvalue weighted by Gasteiger charge is 2.43. The average Bonchev–Trinajstić information content (AvgIpc) is 3.04. The highest BCUT2D eigenvalue weighted by molar-refractivity contribution is 6.17. The van der Waals surface area contributed by atoms with Crippen LogP contribution in [-0.4, -0.2) is 24.2 Å². The van der Waals surface area contributed by atoms with Crippen LogP contribution in [0.3, 0.4) is 0 Å². The molecule has 156 valence electrons. The van der Waals surface area contributed by atoms with E-state index >= 15 is 0 Å². The van der Waals surface area contributed by atoms with Gasteiger partial charge in [-0.3, -0.25) is 9.69 Å². The molecule has 4 rings (SSSR count). The monoisotopic (exact) mass is 405 g/mol. The van der Waals surface area contributed by atoms with E-state index in [2.05, 4.69) is 6.92 Å². The van der Waals surface area contributed by atoms with Crippen LogP contribution < -0.4 is 14.4 Å². The molecule has 2 unspecified atom stereocenters. The molecule has 0 fully saturated rings. The van der Waals surface area contributed by atoms with Gasteiger partial charge in [0.15, 0.2) is 6.23 Å². The summed E-state index contributed by atoms with van der Waals surface area (Å²) in [5, 5.41) is 12.9. The highest BCUT2D eigenvalue weighted by atomic mass is 16.5. The summed E-state index contributed by atoms with van der Waals surface area (Å²) in [5.41, 5.74) is 2.59. The molecule has 1 heterocycles. The summed E-state index contributed by atoms with van der Waals surface area (Å²) in [6.07, 6.45) is 0.412. The number of anilines is 1. The molecule has 2 atom stereocenters. The molecule has 1 aliphatic heterocycles. The van der Waals surface area contributed by atoms with Crippen molar-refractivity contribution in [1.29, 1.82) is 0 Å². The summed E-state index contributed by atoms with van der Waals surface area (Å²) in [4.78, 5) is 15.1. The summed E-state index contributed by atoms with van der Waals surface area (Å²) in [6.45, 7) is 6.07. The SMILES string of the molecule is CCc1cccc(N2C(=O)c3c(c(OC)c4ccccc4c3OC(C)CC)C2O)c1. The minimum absolute atomic E-state index is 0.0756. The van der Waals surface area contributed by atoms with E-state index in [1.54, 1.807) is 7.11 Å². The van der Waals surface area contributed by atoms with Crippen molar-refractivity contribution in [1.82, 2.24) is 0 Å². The Morgan fingerprint density at radius 1 is 1.07 bits per heavy atom. The van der Waals surface area contributed by atoms with Gasteiger partial charge >= 0.3 is 0 Å². The van der Waals surface area contributed by atoms with Crippen molar-refractivity contribution in [2.75, 3.05) is 12.0 Å². The minimum Gasteiger partial charge on any atom is -0.496 e. The Hall–Kier alpha value is -3.05. The Morgan fingerprint density at radius 3 is 2.40 bits per heavy atom. The zero-order chi connectivity index (χ0) is 21.4. The average molecular weight is 405 g/mol. The predicted octanol–water partition coefficient (Wildman–Crippen LogP) is 5.24. The quantitative estimate of drug-likeness (QED) is 0.609. The number of nitrogens with zero attached hydrogens (tertiary/aromatic N) is 1. The smallest absolute Gasteiger partial charge is 0.265 e. The normalized spacial score (nSPS) is 16.6. The molecule has 1 N–H and O–H groups in total. The maximum absolute atomic E-state index is 13.6. The number of rotatable bonds is 6. The number of hydrogen-bond acceptors (Lipinski definition) is 4. The second-order valence-electron chi connectivity index (χ2n) is 7.61. The molecule has 0 radical (unpaired) electrons. The molecule has 5 nitrogen and oxygen atoms in total. The molecule has 1 aliphatic rings. The Balaban J connectivity index is 1.98. The second kappa shape index (κ2) is 8.00. The number of ether oxygens (including phenoxy) is 2. The van der Waals surface area contributed by atoms with E-state index in [-0.39, 0.29) is 12.0 Å². The number of fused-ring (bicyclic) bond motifs is 2. The summed E-state index contributed by atoms with van der Waals surface area (Å²) in [5.74, 6) is 0.731. The van der Waals surface area contributed by atoms with Gasteiger partial charge < -0.3 is 14.6 Å².